The summed E-state index contributed by atoms with van der Waals surface area (Å²) < 4.78 is 1.71. The lowest BCUT2D eigenvalue weighted by molar-refractivity contribution is 0.667. The maximum atomic E-state index is 12.4. The second kappa shape index (κ2) is 6.63. The van der Waals surface area contributed by atoms with E-state index in [-0.39, 0.29) is 5.69 Å². The van der Waals surface area contributed by atoms with Crippen LogP contribution >= 0.6 is 27.5 Å². The summed E-state index contributed by atoms with van der Waals surface area (Å²) in [5, 5.41) is 2.37. The average Bonchev–Trinajstić information content (AvgIpc) is 2.54. The number of aromatic nitrogens is 2. The fraction of sp³-hybridized carbons (Fsp3) is 0.176. The van der Waals surface area contributed by atoms with Crippen LogP contribution in [0.25, 0.3) is 22.2 Å². The first-order valence-corrected chi connectivity index (χ1v) is 8.52. The minimum atomic E-state index is -0.227. The number of hydrogen-bond donors (Lipinski definition) is 0. The highest BCUT2D eigenvalue weighted by molar-refractivity contribution is 9.09. The van der Waals surface area contributed by atoms with Gasteiger partial charge in [-0.15, -0.1) is 0 Å². The molecule has 0 bridgehead atoms. The van der Waals surface area contributed by atoms with Crippen LogP contribution in [0, 0.1) is 0 Å². The summed E-state index contributed by atoms with van der Waals surface area (Å²) in [6.07, 6.45) is 0.865. The molecule has 112 valence electrons. The summed E-state index contributed by atoms with van der Waals surface area (Å²) in [5.41, 5.74) is 2.23. The molecule has 0 aliphatic rings. The second-order valence-corrected chi connectivity index (χ2v) is 6.19. The molecule has 0 unspecified atom stereocenters. The van der Waals surface area contributed by atoms with Crippen molar-refractivity contribution in [2.45, 2.75) is 13.0 Å². The molecule has 0 fully saturated rings. The van der Waals surface area contributed by atoms with E-state index < -0.39 is 0 Å². The van der Waals surface area contributed by atoms with Crippen LogP contribution < -0.4 is 5.69 Å². The predicted molar refractivity (Wildman–Crippen MR) is 94.9 cm³/mol. The Hall–Kier alpha value is -1.65. The van der Waals surface area contributed by atoms with Crippen LogP contribution in [0.15, 0.2) is 53.3 Å². The lowest BCUT2D eigenvalue weighted by Gasteiger charge is -2.12. The van der Waals surface area contributed by atoms with E-state index in [0.717, 1.165) is 28.2 Å². The quantitative estimate of drug-likeness (QED) is 0.627. The zero-order chi connectivity index (χ0) is 15.5. The molecule has 0 aliphatic heterocycles. The fourth-order valence-electron chi connectivity index (χ4n) is 2.50. The van der Waals surface area contributed by atoms with Crippen molar-refractivity contribution in [3.8, 4) is 11.3 Å². The molecule has 1 heterocycles. The van der Waals surface area contributed by atoms with E-state index in [4.69, 9.17) is 11.6 Å². The SMILES string of the molecule is O=c1nc(-c2ccccc2)c2cc(Cl)ccc2n1CCCBr. The Balaban J connectivity index is 2.31. The molecule has 0 aliphatic carbocycles. The number of benzene rings is 2. The van der Waals surface area contributed by atoms with E-state index in [0.29, 0.717) is 17.3 Å². The third-order valence-electron chi connectivity index (χ3n) is 3.51. The maximum Gasteiger partial charge on any atom is 0.348 e. The van der Waals surface area contributed by atoms with E-state index in [1.807, 2.05) is 48.5 Å². The normalized spacial score (nSPS) is 11.0. The highest BCUT2D eigenvalue weighted by Crippen LogP contribution is 2.27. The van der Waals surface area contributed by atoms with Crippen LogP contribution in [0.5, 0.6) is 0 Å². The van der Waals surface area contributed by atoms with E-state index in [9.17, 15) is 4.79 Å². The molecule has 0 amide bonds. The number of alkyl halides is 1. The summed E-state index contributed by atoms with van der Waals surface area (Å²) in [7, 11) is 0. The van der Waals surface area contributed by atoms with E-state index in [1.54, 1.807) is 4.57 Å². The highest BCUT2D eigenvalue weighted by Gasteiger charge is 2.12. The number of aryl methyl sites for hydroxylation is 1. The van der Waals surface area contributed by atoms with Gasteiger partial charge in [-0.1, -0.05) is 57.9 Å². The topological polar surface area (TPSA) is 34.9 Å². The molecule has 0 radical (unpaired) electrons. The van der Waals surface area contributed by atoms with E-state index in [2.05, 4.69) is 20.9 Å². The zero-order valence-electron chi connectivity index (χ0n) is 11.8. The minimum Gasteiger partial charge on any atom is -0.292 e. The Morgan fingerprint density at radius 2 is 1.91 bits per heavy atom. The van der Waals surface area contributed by atoms with Gasteiger partial charge >= 0.3 is 5.69 Å². The molecule has 0 atom stereocenters. The summed E-state index contributed by atoms with van der Waals surface area (Å²) in [5.74, 6) is 0. The lowest BCUT2D eigenvalue weighted by atomic mass is 10.1. The number of rotatable bonds is 4. The Morgan fingerprint density at radius 3 is 2.64 bits per heavy atom. The van der Waals surface area contributed by atoms with Gasteiger partial charge in [-0.3, -0.25) is 4.57 Å². The molecular formula is C17H14BrClN2O. The molecular weight excluding hydrogens is 364 g/mol. The van der Waals surface area contributed by atoms with Gasteiger partial charge in [-0.25, -0.2) is 4.79 Å². The Kier molecular flexibility index (Phi) is 4.60. The van der Waals surface area contributed by atoms with Crippen LogP contribution in [0.3, 0.4) is 0 Å². The molecule has 0 saturated carbocycles. The van der Waals surface area contributed by atoms with Crippen molar-refractivity contribution in [3.63, 3.8) is 0 Å². The average molecular weight is 378 g/mol. The first-order chi connectivity index (χ1) is 10.7. The van der Waals surface area contributed by atoms with Crippen molar-refractivity contribution < 1.29 is 0 Å². The van der Waals surface area contributed by atoms with Gasteiger partial charge < -0.3 is 0 Å². The van der Waals surface area contributed by atoms with Gasteiger partial charge in [0, 0.05) is 27.8 Å². The number of halogens is 2. The van der Waals surface area contributed by atoms with Crippen molar-refractivity contribution >= 4 is 38.4 Å². The summed E-state index contributed by atoms with van der Waals surface area (Å²) in [4.78, 5) is 16.7. The van der Waals surface area contributed by atoms with Gasteiger partial charge in [0.05, 0.1) is 11.2 Å². The third kappa shape index (κ3) is 2.94. The van der Waals surface area contributed by atoms with Crippen LogP contribution in [0.2, 0.25) is 5.02 Å². The predicted octanol–water partition coefficient (Wildman–Crippen LogP) is 4.50. The van der Waals surface area contributed by atoms with Gasteiger partial charge in [0.2, 0.25) is 0 Å². The molecule has 1 aromatic heterocycles. The zero-order valence-corrected chi connectivity index (χ0v) is 14.1. The molecule has 0 spiro atoms. The smallest absolute Gasteiger partial charge is 0.292 e. The molecule has 2 aromatic carbocycles. The van der Waals surface area contributed by atoms with Crippen LogP contribution in [0.1, 0.15) is 6.42 Å². The largest absolute Gasteiger partial charge is 0.348 e. The van der Waals surface area contributed by atoms with Gasteiger partial charge in [0.15, 0.2) is 0 Å². The summed E-state index contributed by atoms with van der Waals surface area (Å²) >= 11 is 9.55. The van der Waals surface area contributed by atoms with E-state index in [1.165, 1.54) is 0 Å². The molecule has 3 rings (SSSR count). The Bertz CT molecular complexity index is 862. The van der Waals surface area contributed by atoms with Gasteiger partial charge in [0.25, 0.3) is 0 Å². The highest BCUT2D eigenvalue weighted by atomic mass is 79.9. The maximum absolute atomic E-state index is 12.4. The van der Waals surface area contributed by atoms with Crippen molar-refractivity contribution in [1.82, 2.24) is 9.55 Å². The second-order valence-electron chi connectivity index (χ2n) is 4.96. The van der Waals surface area contributed by atoms with Crippen molar-refractivity contribution in [2.24, 2.45) is 0 Å². The number of nitrogens with zero attached hydrogens (tertiary/aromatic N) is 2. The van der Waals surface area contributed by atoms with Gasteiger partial charge in [0.1, 0.15) is 0 Å². The summed E-state index contributed by atoms with van der Waals surface area (Å²) in [6.45, 7) is 0.629. The third-order valence-corrected chi connectivity index (χ3v) is 4.30. The van der Waals surface area contributed by atoms with Crippen molar-refractivity contribution in [2.75, 3.05) is 5.33 Å². The van der Waals surface area contributed by atoms with Crippen molar-refractivity contribution in [3.05, 3.63) is 64.0 Å². The standard InChI is InChI=1S/C17H14BrClN2O/c18-9-4-10-21-15-8-7-13(19)11-14(15)16(20-17(21)22)12-5-2-1-3-6-12/h1-3,5-8,11H,4,9-10H2. The van der Waals surface area contributed by atoms with Gasteiger partial charge in [-0.05, 0) is 24.6 Å². The molecule has 0 saturated heterocycles. The molecule has 3 nitrogen and oxygen atoms in total. The first-order valence-electron chi connectivity index (χ1n) is 7.02. The number of hydrogen-bond acceptors (Lipinski definition) is 2. The Morgan fingerprint density at radius 1 is 1.14 bits per heavy atom. The first kappa shape index (κ1) is 15.3. The van der Waals surface area contributed by atoms with Crippen LogP contribution in [0.4, 0.5) is 0 Å². The molecule has 3 aromatic rings. The van der Waals surface area contributed by atoms with Crippen LogP contribution in [-0.4, -0.2) is 14.9 Å². The Labute approximate surface area is 141 Å². The van der Waals surface area contributed by atoms with Gasteiger partial charge in [-0.2, -0.15) is 4.98 Å². The fourth-order valence-corrected chi connectivity index (χ4v) is 2.93. The molecule has 0 N–H and O–H groups in total. The minimum absolute atomic E-state index is 0.227. The number of fused-ring (bicyclic) bond motifs is 1. The lowest BCUT2D eigenvalue weighted by Crippen LogP contribution is -2.24. The van der Waals surface area contributed by atoms with Crippen molar-refractivity contribution in [1.29, 1.82) is 0 Å². The monoisotopic (exact) mass is 376 g/mol. The van der Waals surface area contributed by atoms with Crippen LogP contribution in [-0.2, 0) is 6.54 Å². The van der Waals surface area contributed by atoms with E-state index >= 15 is 0 Å². The summed E-state index contributed by atoms with van der Waals surface area (Å²) in [6, 6.07) is 15.3. The molecule has 22 heavy (non-hydrogen) atoms. The molecule has 5 heteroatoms.